The Morgan fingerprint density at radius 3 is 2.12 bits per heavy atom. The van der Waals surface area contributed by atoms with E-state index in [1.54, 1.807) is 31.3 Å². The third-order valence-electron chi connectivity index (χ3n) is 5.56. The molecule has 0 aliphatic rings. The van der Waals surface area contributed by atoms with Gasteiger partial charge in [0.15, 0.2) is 0 Å². The van der Waals surface area contributed by atoms with Crippen molar-refractivity contribution in [3.05, 3.63) is 65.7 Å². The lowest BCUT2D eigenvalue weighted by molar-refractivity contribution is -0.129. The van der Waals surface area contributed by atoms with Crippen molar-refractivity contribution >= 4 is 23.5 Å². The summed E-state index contributed by atoms with van der Waals surface area (Å²) in [4.78, 5) is 38.6. The maximum Gasteiger partial charge on any atom is 0.337 e. The van der Waals surface area contributed by atoms with Crippen LogP contribution in [0.4, 0.5) is 5.69 Å². The number of likely N-dealkylation sites (N-methyl/N-ethyl adjacent to an activating group) is 1. The molecule has 6 nitrogen and oxygen atoms in total. The van der Waals surface area contributed by atoms with Crippen molar-refractivity contribution in [1.29, 1.82) is 0 Å². The number of carbonyl (C=O) groups excluding carboxylic acids is 3. The average molecular weight is 469 g/mol. The molecule has 6 heteroatoms. The second-order valence-corrected chi connectivity index (χ2v) is 9.49. The van der Waals surface area contributed by atoms with Crippen LogP contribution < -0.4 is 10.2 Å². The fourth-order valence-corrected chi connectivity index (χ4v) is 3.60. The zero-order valence-corrected chi connectivity index (χ0v) is 21.8. The first kappa shape index (κ1) is 28.9. The molecule has 1 N–H and O–H groups in total. The van der Waals surface area contributed by atoms with Crippen LogP contribution in [-0.2, 0) is 19.7 Å². The molecule has 0 aliphatic heterocycles. The number of ether oxygens (including phenoxy) is 1. The van der Waals surface area contributed by atoms with Crippen molar-refractivity contribution in [3.8, 4) is 0 Å². The SMILES string of the molecule is CC(C)C.CC[C@H](C(=O)NCC(=O)N(C)c1cccc(C(=O)OC)c1)C(C)(C)c1ccccc1. The second kappa shape index (κ2) is 13.5. The van der Waals surface area contributed by atoms with Crippen molar-refractivity contribution in [1.82, 2.24) is 5.32 Å². The van der Waals surface area contributed by atoms with Crippen LogP contribution in [-0.4, -0.2) is 38.5 Å². The molecule has 2 aromatic carbocycles. The molecule has 0 aromatic heterocycles. The van der Waals surface area contributed by atoms with Crippen molar-refractivity contribution in [2.75, 3.05) is 25.6 Å². The lowest BCUT2D eigenvalue weighted by Crippen LogP contribution is -2.45. The summed E-state index contributed by atoms with van der Waals surface area (Å²) in [6, 6.07) is 16.5. The van der Waals surface area contributed by atoms with Crippen LogP contribution in [0.5, 0.6) is 0 Å². The highest BCUT2D eigenvalue weighted by Crippen LogP contribution is 2.33. The Labute approximate surface area is 204 Å². The Hall–Kier alpha value is -3.15. The van der Waals surface area contributed by atoms with Gasteiger partial charge in [-0.15, -0.1) is 0 Å². The fourth-order valence-electron chi connectivity index (χ4n) is 3.60. The highest BCUT2D eigenvalue weighted by atomic mass is 16.5. The van der Waals surface area contributed by atoms with E-state index in [4.69, 9.17) is 4.74 Å². The van der Waals surface area contributed by atoms with Crippen molar-refractivity contribution < 1.29 is 19.1 Å². The number of hydrogen-bond donors (Lipinski definition) is 1. The van der Waals surface area contributed by atoms with Crippen LogP contribution >= 0.6 is 0 Å². The molecule has 0 saturated carbocycles. The number of benzene rings is 2. The number of anilines is 1. The molecule has 0 aliphatic carbocycles. The smallest absolute Gasteiger partial charge is 0.337 e. The molecular weight excluding hydrogens is 428 g/mol. The number of nitrogens with zero attached hydrogens (tertiary/aromatic N) is 1. The van der Waals surface area contributed by atoms with Gasteiger partial charge in [-0.1, -0.05) is 77.9 Å². The monoisotopic (exact) mass is 468 g/mol. The van der Waals surface area contributed by atoms with Crippen LogP contribution in [0.25, 0.3) is 0 Å². The standard InChI is InChI=1S/C24H30N2O4.C4H10/c1-6-20(24(2,3)18-12-8-7-9-13-18)22(28)25-16-21(27)26(4)19-14-10-11-17(15-19)23(29)30-5;1-4(2)3/h7-15,20H,6,16H2,1-5H3,(H,25,28);4H,1-3H3/t20-;/m1./s1. The van der Waals surface area contributed by atoms with Crippen LogP contribution in [0.1, 0.15) is 63.9 Å². The molecule has 0 spiro atoms. The number of amides is 2. The lowest BCUT2D eigenvalue weighted by atomic mass is 9.71. The van der Waals surface area contributed by atoms with Crippen LogP contribution in [0.2, 0.25) is 0 Å². The highest BCUT2D eigenvalue weighted by Gasteiger charge is 2.35. The van der Waals surface area contributed by atoms with Gasteiger partial charge in [0.2, 0.25) is 11.8 Å². The number of hydrogen-bond acceptors (Lipinski definition) is 4. The van der Waals surface area contributed by atoms with Gasteiger partial charge in [-0.2, -0.15) is 0 Å². The second-order valence-electron chi connectivity index (χ2n) is 9.49. The summed E-state index contributed by atoms with van der Waals surface area (Å²) < 4.78 is 4.72. The number of carbonyl (C=O) groups is 3. The maximum atomic E-state index is 12.9. The van der Waals surface area contributed by atoms with Crippen molar-refractivity contribution in [2.45, 2.75) is 53.4 Å². The van der Waals surface area contributed by atoms with Crippen molar-refractivity contribution in [3.63, 3.8) is 0 Å². The van der Waals surface area contributed by atoms with Gasteiger partial charge in [-0.05, 0) is 36.1 Å². The number of esters is 1. The minimum Gasteiger partial charge on any atom is -0.465 e. The van der Waals surface area contributed by atoms with E-state index < -0.39 is 5.97 Å². The number of methoxy groups -OCH3 is 1. The van der Waals surface area contributed by atoms with Gasteiger partial charge in [-0.3, -0.25) is 9.59 Å². The summed E-state index contributed by atoms with van der Waals surface area (Å²) >= 11 is 0. The van der Waals surface area contributed by atoms with Gasteiger partial charge >= 0.3 is 5.97 Å². The molecular formula is C28H40N2O4. The molecule has 0 radical (unpaired) electrons. The zero-order valence-electron chi connectivity index (χ0n) is 21.8. The Morgan fingerprint density at radius 1 is 1.00 bits per heavy atom. The molecule has 0 heterocycles. The van der Waals surface area contributed by atoms with Crippen LogP contribution in [0.3, 0.4) is 0 Å². The predicted octanol–water partition coefficient (Wildman–Crippen LogP) is 5.22. The van der Waals surface area contributed by atoms with Gasteiger partial charge < -0.3 is 15.0 Å². The maximum absolute atomic E-state index is 12.9. The number of nitrogens with one attached hydrogen (secondary N) is 1. The van der Waals surface area contributed by atoms with Gasteiger partial charge in [0, 0.05) is 24.1 Å². The molecule has 0 saturated heterocycles. The third kappa shape index (κ3) is 8.32. The Bertz CT molecular complexity index is 936. The molecule has 2 amide bonds. The summed E-state index contributed by atoms with van der Waals surface area (Å²) in [7, 11) is 2.91. The zero-order chi connectivity index (χ0) is 25.9. The van der Waals surface area contributed by atoms with E-state index in [0.717, 1.165) is 11.5 Å². The summed E-state index contributed by atoms with van der Waals surface area (Å²) in [5, 5.41) is 2.79. The molecule has 186 valence electrons. The first-order chi connectivity index (χ1) is 15.9. The highest BCUT2D eigenvalue weighted by molar-refractivity contribution is 5.98. The van der Waals surface area contributed by atoms with E-state index in [0.29, 0.717) is 17.7 Å². The average Bonchev–Trinajstić information content (AvgIpc) is 2.82. The lowest BCUT2D eigenvalue weighted by Gasteiger charge is -2.33. The fraction of sp³-hybridized carbons (Fsp3) is 0.464. The largest absolute Gasteiger partial charge is 0.465 e. The Kier molecular flexibility index (Phi) is 11.5. The molecule has 1 atom stereocenters. The van der Waals surface area contributed by atoms with E-state index in [9.17, 15) is 14.4 Å². The Balaban J connectivity index is 0.00000133. The van der Waals surface area contributed by atoms with Crippen LogP contribution in [0.15, 0.2) is 54.6 Å². The first-order valence-electron chi connectivity index (χ1n) is 11.7. The minimum atomic E-state index is -0.472. The molecule has 0 fully saturated rings. The normalized spacial score (nSPS) is 11.7. The predicted molar refractivity (Wildman–Crippen MR) is 138 cm³/mol. The summed E-state index contributed by atoms with van der Waals surface area (Å²) in [6.07, 6.45) is 0.652. The first-order valence-corrected chi connectivity index (χ1v) is 11.7. The molecule has 2 rings (SSSR count). The quantitative estimate of drug-likeness (QED) is 0.539. The topological polar surface area (TPSA) is 75.7 Å². The van der Waals surface area contributed by atoms with E-state index in [2.05, 4.69) is 26.1 Å². The number of rotatable bonds is 8. The van der Waals surface area contributed by atoms with Gasteiger partial charge in [0.25, 0.3) is 0 Å². The summed E-state index contributed by atoms with van der Waals surface area (Å²) in [6.45, 7) is 12.4. The third-order valence-corrected chi connectivity index (χ3v) is 5.56. The van der Waals surface area contributed by atoms with E-state index in [1.807, 2.05) is 51.1 Å². The molecule has 0 unspecified atom stereocenters. The Morgan fingerprint density at radius 2 is 1.59 bits per heavy atom. The molecule has 34 heavy (non-hydrogen) atoms. The van der Waals surface area contributed by atoms with Gasteiger partial charge in [-0.25, -0.2) is 4.79 Å². The molecule has 0 bridgehead atoms. The van der Waals surface area contributed by atoms with Crippen molar-refractivity contribution in [2.24, 2.45) is 11.8 Å². The van der Waals surface area contributed by atoms with E-state index in [-0.39, 0.29) is 29.7 Å². The molecule has 2 aromatic rings. The van der Waals surface area contributed by atoms with Gasteiger partial charge in [0.1, 0.15) is 0 Å². The van der Waals surface area contributed by atoms with Crippen LogP contribution in [0, 0.1) is 11.8 Å². The summed E-state index contributed by atoms with van der Waals surface area (Å²) in [5.74, 6) is -0.352. The van der Waals surface area contributed by atoms with E-state index in [1.165, 1.54) is 12.0 Å². The minimum absolute atomic E-state index is 0.126. The summed E-state index contributed by atoms with van der Waals surface area (Å²) in [5.41, 5.74) is 1.61. The van der Waals surface area contributed by atoms with Gasteiger partial charge in [0.05, 0.1) is 19.2 Å². The van der Waals surface area contributed by atoms with E-state index >= 15 is 0 Å².